The fourth-order valence-corrected chi connectivity index (χ4v) is 8.16. The van der Waals surface area contributed by atoms with Gasteiger partial charge < -0.3 is 0 Å². The summed E-state index contributed by atoms with van der Waals surface area (Å²) in [5.41, 5.74) is 17.0. The molecule has 1 heterocycles. The maximum atomic E-state index is 5.05. The summed E-state index contributed by atoms with van der Waals surface area (Å²) in [7, 11) is 0. The third kappa shape index (κ3) is 7.65. The van der Waals surface area contributed by atoms with Crippen LogP contribution in [0.3, 0.4) is 0 Å². The van der Waals surface area contributed by atoms with Crippen molar-refractivity contribution < 1.29 is 0 Å². The third-order valence-corrected chi connectivity index (χ3v) is 11.1. The highest BCUT2D eigenvalue weighted by Crippen LogP contribution is 2.41. The highest BCUT2D eigenvalue weighted by atomic mass is 15.0. The normalized spacial score (nSPS) is 12.2. The molecule has 0 radical (unpaired) electrons. The van der Waals surface area contributed by atoms with E-state index < -0.39 is 0 Å². The summed E-state index contributed by atoms with van der Waals surface area (Å²) in [5, 5.41) is 0. The Morgan fingerprint density at radius 2 is 0.633 bits per heavy atom. The van der Waals surface area contributed by atoms with Crippen LogP contribution in [0, 0.1) is 0 Å². The summed E-state index contributed by atoms with van der Waals surface area (Å²) in [6.07, 6.45) is 8.54. The molecule has 1 aliphatic carbocycles. The average Bonchev–Trinajstić information content (AvgIpc) is 3.35. The smallest absolute Gasteiger partial charge is 0.164 e. The molecule has 0 spiro atoms. The van der Waals surface area contributed by atoms with Gasteiger partial charge in [0, 0.05) is 16.7 Å². The van der Waals surface area contributed by atoms with Gasteiger partial charge >= 0.3 is 0 Å². The van der Waals surface area contributed by atoms with E-state index in [1.165, 1.54) is 44.5 Å². The summed E-state index contributed by atoms with van der Waals surface area (Å²) in [6.45, 7) is 0. The van der Waals surface area contributed by atoms with Crippen molar-refractivity contribution in [1.29, 1.82) is 0 Å². The maximum absolute atomic E-state index is 5.05. The topological polar surface area (TPSA) is 38.7 Å². The zero-order valence-electron chi connectivity index (χ0n) is 33.1. The number of rotatable bonds is 9. The first-order chi connectivity index (χ1) is 29.7. The highest BCUT2D eigenvalue weighted by molar-refractivity contribution is 5.92. The summed E-state index contributed by atoms with van der Waals surface area (Å²) < 4.78 is 0. The molecule has 3 nitrogen and oxygen atoms in total. The fraction of sp³-hybridized carbons (Fsp3) is 0.0351. The first-order valence-electron chi connectivity index (χ1n) is 20.6. The first-order valence-corrected chi connectivity index (χ1v) is 20.6. The lowest BCUT2D eigenvalue weighted by Crippen LogP contribution is -2.03. The molecule has 1 aromatic heterocycles. The molecular weight excluding hydrogens is 727 g/mol. The zero-order valence-corrected chi connectivity index (χ0v) is 33.1. The molecule has 60 heavy (non-hydrogen) atoms. The van der Waals surface area contributed by atoms with E-state index >= 15 is 0 Å². The SMILES string of the molecule is C1=CC(c2nc(-c3ccccc3)nc(-c3cccc(-c4cccc(-c5cc(-c6ccccc6-c6ccccc6)cc(-c6ccccc6-c6ccccc6)c5)c4)c3)n2)=CCC1. The van der Waals surface area contributed by atoms with Crippen LogP contribution in [-0.2, 0) is 0 Å². The Morgan fingerprint density at radius 3 is 1.15 bits per heavy atom. The molecule has 9 aromatic rings. The average molecular weight is 768 g/mol. The van der Waals surface area contributed by atoms with Crippen LogP contribution >= 0.6 is 0 Å². The first kappa shape index (κ1) is 36.6. The number of benzene rings is 8. The molecule has 0 fully saturated rings. The van der Waals surface area contributed by atoms with Gasteiger partial charge in [-0.05, 0) is 110 Å². The molecule has 0 amide bonds. The van der Waals surface area contributed by atoms with Gasteiger partial charge in [-0.15, -0.1) is 0 Å². The van der Waals surface area contributed by atoms with Crippen molar-refractivity contribution in [3.8, 4) is 89.5 Å². The molecule has 1 aliphatic rings. The van der Waals surface area contributed by atoms with Gasteiger partial charge in [-0.2, -0.15) is 0 Å². The molecule has 3 heteroatoms. The van der Waals surface area contributed by atoms with Crippen molar-refractivity contribution in [2.45, 2.75) is 12.8 Å². The number of aromatic nitrogens is 3. The predicted molar refractivity (Wildman–Crippen MR) is 250 cm³/mol. The number of allylic oxidation sites excluding steroid dienone is 4. The van der Waals surface area contributed by atoms with E-state index in [4.69, 9.17) is 15.0 Å². The molecule has 0 saturated heterocycles. The van der Waals surface area contributed by atoms with Crippen LogP contribution in [0.25, 0.3) is 95.1 Å². The summed E-state index contributed by atoms with van der Waals surface area (Å²) >= 11 is 0. The van der Waals surface area contributed by atoms with E-state index in [1.54, 1.807) is 0 Å². The second kappa shape index (κ2) is 16.6. The third-order valence-electron chi connectivity index (χ3n) is 11.1. The Bertz CT molecular complexity index is 2920. The Labute approximate surface area is 351 Å². The van der Waals surface area contributed by atoms with Gasteiger partial charge in [-0.1, -0.05) is 194 Å². The summed E-state index contributed by atoms with van der Waals surface area (Å²) in [5.74, 6) is 2.02. The minimum atomic E-state index is 0.656. The van der Waals surface area contributed by atoms with Crippen LogP contribution in [0.1, 0.15) is 18.7 Å². The van der Waals surface area contributed by atoms with Crippen molar-refractivity contribution in [1.82, 2.24) is 15.0 Å². The van der Waals surface area contributed by atoms with E-state index in [9.17, 15) is 0 Å². The monoisotopic (exact) mass is 767 g/mol. The van der Waals surface area contributed by atoms with E-state index in [0.29, 0.717) is 17.5 Å². The fourth-order valence-electron chi connectivity index (χ4n) is 8.16. The predicted octanol–water partition coefficient (Wildman–Crippen LogP) is 14.9. The van der Waals surface area contributed by atoms with Gasteiger partial charge in [-0.25, -0.2) is 15.0 Å². The minimum absolute atomic E-state index is 0.656. The lowest BCUT2D eigenvalue weighted by Gasteiger charge is -2.17. The maximum Gasteiger partial charge on any atom is 0.164 e. The van der Waals surface area contributed by atoms with Crippen LogP contribution in [0.5, 0.6) is 0 Å². The summed E-state index contributed by atoms with van der Waals surface area (Å²) in [4.78, 5) is 15.0. The number of hydrogen-bond acceptors (Lipinski definition) is 3. The lowest BCUT2D eigenvalue weighted by atomic mass is 9.87. The van der Waals surface area contributed by atoms with E-state index in [-0.39, 0.29) is 0 Å². The molecule has 10 rings (SSSR count). The van der Waals surface area contributed by atoms with E-state index in [0.717, 1.165) is 51.8 Å². The lowest BCUT2D eigenvalue weighted by molar-refractivity contribution is 1.01. The van der Waals surface area contributed by atoms with Crippen LogP contribution in [-0.4, -0.2) is 15.0 Å². The molecule has 0 N–H and O–H groups in total. The molecule has 0 saturated carbocycles. The van der Waals surface area contributed by atoms with E-state index in [2.05, 4.69) is 206 Å². The van der Waals surface area contributed by atoms with Crippen molar-refractivity contribution >= 4 is 5.57 Å². The standard InChI is InChI=1S/C57H41N3/c1-5-19-40(20-6-1)51-31-13-15-33-53(51)49-37-48(38-50(39-49)54-34-16-14-32-52(54)41-21-7-2-8-22-41)46-29-17-27-44(35-46)45-28-18-30-47(36-45)57-59-55(42-23-9-3-10-24-42)58-56(60-57)43-25-11-4-12-26-43/h1-3,5-11,13-39H,4,12H2. The quantitative estimate of drug-likeness (QED) is 0.147. The van der Waals surface area contributed by atoms with Gasteiger partial charge in [0.25, 0.3) is 0 Å². The van der Waals surface area contributed by atoms with Crippen LogP contribution in [0.15, 0.2) is 224 Å². The number of nitrogens with zero attached hydrogens (tertiary/aromatic N) is 3. The molecule has 8 aromatic carbocycles. The Kier molecular flexibility index (Phi) is 10.1. The van der Waals surface area contributed by atoms with Gasteiger partial charge in [-0.3, -0.25) is 0 Å². The second-order valence-corrected chi connectivity index (χ2v) is 15.1. The molecule has 0 atom stereocenters. The summed E-state index contributed by atoms with van der Waals surface area (Å²) in [6, 6.07) is 73.5. The van der Waals surface area contributed by atoms with Crippen molar-refractivity contribution in [2.75, 3.05) is 0 Å². The second-order valence-electron chi connectivity index (χ2n) is 15.1. The molecule has 0 bridgehead atoms. The number of hydrogen-bond donors (Lipinski definition) is 0. The van der Waals surface area contributed by atoms with Gasteiger partial charge in [0.1, 0.15) is 0 Å². The van der Waals surface area contributed by atoms with Crippen LogP contribution in [0.2, 0.25) is 0 Å². The Balaban J connectivity index is 1.09. The zero-order chi connectivity index (χ0) is 40.1. The Hall–Kier alpha value is -7.75. The highest BCUT2D eigenvalue weighted by Gasteiger charge is 2.17. The van der Waals surface area contributed by atoms with Gasteiger partial charge in [0.15, 0.2) is 17.5 Å². The molecule has 0 unspecified atom stereocenters. The van der Waals surface area contributed by atoms with E-state index in [1.807, 2.05) is 18.2 Å². The minimum Gasteiger partial charge on any atom is -0.208 e. The molecular formula is C57H41N3. The largest absolute Gasteiger partial charge is 0.208 e. The molecule has 284 valence electrons. The van der Waals surface area contributed by atoms with Gasteiger partial charge in [0.2, 0.25) is 0 Å². The van der Waals surface area contributed by atoms with Crippen molar-refractivity contribution in [3.05, 3.63) is 230 Å². The molecule has 0 aliphatic heterocycles. The van der Waals surface area contributed by atoms with Gasteiger partial charge in [0.05, 0.1) is 0 Å². The van der Waals surface area contributed by atoms with Crippen LogP contribution in [0.4, 0.5) is 0 Å². The van der Waals surface area contributed by atoms with Crippen molar-refractivity contribution in [2.24, 2.45) is 0 Å². The Morgan fingerprint density at radius 1 is 0.267 bits per heavy atom. The van der Waals surface area contributed by atoms with Crippen LogP contribution < -0.4 is 0 Å². The van der Waals surface area contributed by atoms with Crippen molar-refractivity contribution in [3.63, 3.8) is 0 Å².